The minimum absolute atomic E-state index is 0.0371. The molecule has 5 nitrogen and oxygen atoms in total. The van der Waals surface area contributed by atoms with Gasteiger partial charge in [0.1, 0.15) is 17.1 Å². The summed E-state index contributed by atoms with van der Waals surface area (Å²) in [4.78, 5) is 14.0. The number of aliphatic hydroxyl groups is 1. The average molecular weight is 265 g/mol. The van der Waals surface area contributed by atoms with E-state index < -0.39 is 0 Å². The molecule has 1 unspecified atom stereocenters. The topological polar surface area (TPSA) is 81.0 Å². The van der Waals surface area contributed by atoms with Crippen LogP contribution < -0.4 is 0 Å². The number of nitrogens with zero attached hydrogens (tertiary/aromatic N) is 1. The van der Waals surface area contributed by atoms with Crippen LogP contribution in [0.25, 0.3) is 0 Å². The normalized spacial score (nSPS) is 20.1. The van der Waals surface area contributed by atoms with Crippen LogP contribution in [-0.4, -0.2) is 45.8 Å². The predicted octanol–water partition coefficient (Wildman–Crippen LogP) is 1.33. The lowest BCUT2D eigenvalue weighted by Crippen LogP contribution is -2.32. The molecule has 1 aromatic rings. The van der Waals surface area contributed by atoms with Gasteiger partial charge in [-0.25, -0.2) is 0 Å². The Morgan fingerprint density at radius 1 is 1.21 bits per heavy atom. The molecule has 19 heavy (non-hydrogen) atoms. The fourth-order valence-electron chi connectivity index (χ4n) is 2.46. The molecule has 104 valence electrons. The van der Waals surface area contributed by atoms with Crippen LogP contribution in [0.5, 0.6) is 11.5 Å². The van der Waals surface area contributed by atoms with Crippen molar-refractivity contribution in [2.24, 2.45) is 5.92 Å². The van der Waals surface area contributed by atoms with E-state index in [1.165, 1.54) is 18.2 Å². The van der Waals surface area contributed by atoms with Crippen molar-refractivity contribution < 1.29 is 20.1 Å². The molecule has 3 N–H and O–H groups in total. The number of carbonyl (C=O) groups is 1. The maximum Gasteiger partial charge on any atom is 0.261 e. The van der Waals surface area contributed by atoms with Crippen LogP contribution in [0.3, 0.4) is 0 Å². The summed E-state index contributed by atoms with van der Waals surface area (Å²) in [5, 5.41) is 28.6. The summed E-state index contributed by atoms with van der Waals surface area (Å²) in [5.74, 6) is -0.522. The average Bonchev–Trinajstić information content (AvgIpc) is 2.63. The number of aliphatic hydroxyl groups excluding tert-OH is 1. The number of benzene rings is 1. The first-order valence-electron chi connectivity index (χ1n) is 6.54. The molecule has 2 rings (SSSR count). The van der Waals surface area contributed by atoms with Gasteiger partial charge in [-0.15, -0.1) is 0 Å². The molecule has 1 fully saturated rings. The molecule has 0 aromatic heterocycles. The van der Waals surface area contributed by atoms with E-state index >= 15 is 0 Å². The zero-order valence-corrected chi connectivity index (χ0v) is 10.7. The van der Waals surface area contributed by atoms with Crippen molar-refractivity contribution in [3.8, 4) is 11.5 Å². The Morgan fingerprint density at radius 2 is 1.89 bits per heavy atom. The lowest BCUT2D eigenvalue weighted by atomic mass is 10.0. The van der Waals surface area contributed by atoms with E-state index in [4.69, 9.17) is 5.11 Å². The Balaban J connectivity index is 2.15. The summed E-state index contributed by atoms with van der Waals surface area (Å²) in [6.45, 7) is 1.27. The zero-order chi connectivity index (χ0) is 13.8. The smallest absolute Gasteiger partial charge is 0.261 e. The van der Waals surface area contributed by atoms with Crippen LogP contribution >= 0.6 is 0 Å². The van der Waals surface area contributed by atoms with Gasteiger partial charge in [0, 0.05) is 19.7 Å². The molecule has 0 aliphatic carbocycles. The van der Waals surface area contributed by atoms with Gasteiger partial charge in [-0.3, -0.25) is 4.79 Å². The van der Waals surface area contributed by atoms with E-state index in [1.54, 1.807) is 4.90 Å². The highest BCUT2D eigenvalue weighted by atomic mass is 16.3. The van der Waals surface area contributed by atoms with Crippen molar-refractivity contribution in [2.75, 3.05) is 19.7 Å². The lowest BCUT2D eigenvalue weighted by molar-refractivity contribution is 0.0751. The highest BCUT2D eigenvalue weighted by Gasteiger charge is 2.25. The van der Waals surface area contributed by atoms with Crippen molar-refractivity contribution in [3.63, 3.8) is 0 Å². The van der Waals surface area contributed by atoms with Gasteiger partial charge in [0.2, 0.25) is 0 Å². The summed E-state index contributed by atoms with van der Waals surface area (Å²) in [7, 11) is 0. The third-order valence-electron chi connectivity index (χ3n) is 3.63. The first-order valence-corrected chi connectivity index (χ1v) is 6.54. The quantitative estimate of drug-likeness (QED) is 0.753. The van der Waals surface area contributed by atoms with Gasteiger partial charge in [0.15, 0.2) is 0 Å². The van der Waals surface area contributed by atoms with Gasteiger partial charge in [-0.1, -0.05) is 6.07 Å². The van der Waals surface area contributed by atoms with Crippen molar-refractivity contribution in [1.82, 2.24) is 4.90 Å². The number of phenols is 2. The standard InChI is InChI=1S/C14H19NO4/c16-9-10-3-2-7-15(8-6-10)14(19)13-11(17)4-1-5-12(13)18/h1,4-5,10,16-18H,2-3,6-9H2. The number of likely N-dealkylation sites (tertiary alicyclic amines) is 1. The summed E-state index contributed by atoms with van der Waals surface area (Å²) in [6.07, 6.45) is 2.47. The van der Waals surface area contributed by atoms with Crippen LogP contribution in [-0.2, 0) is 0 Å². The predicted molar refractivity (Wildman–Crippen MR) is 70.1 cm³/mol. The summed E-state index contributed by atoms with van der Waals surface area (Å²) in [6, 6.07) is 4.27. The molecule has 0 radical (unpaired) electrons. The second-order valence-corrected chi connectivity index (χ2v) is 4.94. The van der Waals surface area contributed by atoms with Crippen LogP contribution in [0.2, 0.25) is 0 Å². The second kappa shape index (κ2) is 5.93. The molecule has 5 heteroatoms. The first kappa shape index (κ1) is 13.7. The van der Waals surface area contributed by atoms with Crippen molar-refractivity contribution >= 4 is 5.91 Å². The third-order valence-corrected chi connectivity index (χ3v) is 3.63. The van der Waals surface area contributed by atoms with E-state index in [0.29, 0.717) is 13.1 Å². The molecular formula is C14H19NO4. The Bertz CT molecular complexity index is 441. The molecule has 1 heterocycles. The second-order valence-electron chi connectivity index (χ2n) is 4.94. The van der Waals surface area contributed by atoms with E-state index in [0.717, 1.165) is 19.3 Å². The van der Waals surface area contributed by atoms with E-state index in [2.05, 4.69) is 0 Å². The highest BCUT2D eigenvalue weighted by Crippen LogP contribution is 2.29. The van der Waals surface area contributed by atoms with Gasteiger partial charge in [-0.05, 0) is 37.3 Å². The Hall–Kier alpha value is -1.75. The molecule has 1 saturated heterocycles. The van der Waals surface area contributed by atoms with Gasteiger partial charge in [0.05, 0.1) is 0 Å². The van der Waals surface area contributed by atoms with E-state index in [-0.39, 0.29) is 35.5 Å². The van der Waals surface area contributed by atoms with Crippen molar-refractivity contribution in [1.29, 1.82) is 0 Å². The maximum absolute atomic E-state index is 12.3. The molecular weight excluding hydrogens is 246 g/mol. The number of rotatable bonds is 2. The van der Waals surface area contributed by atoms with Crippen LogP contribution in [0, 0.1) is 5.92 Å². The van der Waals surface area contributed by atoms with Gasteiger partial charge >= 0.3 is 0 Å². The van der Waals surface area contributed by atoms with Crippen LogP contribution in [0.1, 0.15) is 29.6 Å². The monoisotopic (exact) mass is 265 g/mol. The first-order chi connectivity index (χ1) is 9.13. The SMILES string of the molecule is O=C(c1c(O)cccc1O)N1CCCC(CO)CC1. The minimum Gasteiger partial charge on any atom is -0.507 e. The molecule has 0 bridgehead atoms. The molecule has 1 amide bonds. The maximum atomic E-state index is 12.3. The summed E-state index contributed by atoms with van der Waals surface area (Å²) >= 11 is 0. The summed E-state index contributed by atoms with van der Waals surface area (Å²) in [5.41, 5.74) is -0.0371. The number of amides is 1. The number of aromatic hydroxyl groups is 2. The Kier molecular flexibility index (Phi) is 4.27. The molecule has 1 aromatic carbocycles. The minimum atomic E-state index is -0.353. The number of phenolic OH excluding ortho intramolecular Hbond substituents is 2. The van der Waals surface area contributed by atoms with Crippen LogP contribution in [0.15, 0.2) is 18.2 Å². The fourth-order valence-corrected chi connectivity index (χ4v) is 2.46. The fraction of sp³-hybridized carbons (Fsp3) is 0.500. The van der Waals surface area contributed by atoms with Gasteiger partial charge in [-0.2, -0.15) is 0 Å². The Labute approximate surface area is 112 Å². The third kappa shape index (κ3) is 2.98. The zero-order valence-electron chi connectivity index (χ0n) is 10.7. The molecule has 0 saturated carbocycles. The molecule has 1 aliphatic heterocycles. The van der Waals surface area contributed by atoms with Crippen molar-refractivity contribution in [3.05, 3.63) is 23.8 Å². The highest BCUT2D eigenvalue weighted by molar-refractivity contribution is 5.99. The van der Waals surface area contributed by atoms with E-state index in [1.807, 2.05) is 0 Å². The van der Waals surface area contributed by atoms with Gasteiger partial charge < -0.3 is 20.2 Å². The van der Waals surface area contributed by atoms with E-state index in [9.17, 15) is 15.0 Å². The summed E-state index contributed by atoms with van der Waals surface area (Å²) < 4.78 is 0. The van der Waals surface area contributed by atoms with Crippen molar-refractivity contribution in [2.45, 2.75) is 19.3 Å². The molecule has 1 atom stereocenters. The Morgan fingerprint density at radius 3 is 2.53 bits per heavy atom. The largest absolute Gasteiger partial charge is 0.507 e. The molecule has 1 aliphatic rings. The van der Waals surface area contributed by atoms with Crippen LogP contribution in [0.4, 0.5) is 0 Å². The van der Waals surface area contributed by atoms with Gasteiger partial charge in [0.25, 0.3) is 5.91 Å². The number of carbonyl (C=O) groups excluding carboxylic acids is 1. The lowest BCUT2D eigenvalue weighted by Gasteiger charge is -2.21. The molecule has 0 spiro atoms. The number of hydrogen-bond acceptors (Lipinski definition) is 4. The number of hydrogen-bond donors (Lipinski definition) is 3.